The Bertz CT molecular complexity index is 614. The van der Waals surface area contributed by atoms with E-state index in [1.165, 1.54) is 10.4 Å². The minimum atomic E-state index is -3.49. The Labute approximate surface area is 152 Å². The molecule has 0 saturated carbocycles. The summed E-state index contributed by atoms with van der Waals surface area (Å²) in [6.45, 7) is 2.35. The van der Waals surface area contributed by atoms with Gasteiger partial charge in [0.05, 0.1) is 4.34 Å². The summed E-state index contributed by atoms with van der Waals surface area (Å²) in [6, 6.07) is 3.11. The Morgan fingerprint density at radius 1 is 1.30 bits per heavy atom. The Hall–Kier alpha value is -0.380. The number of hydrogen-bond acceptors (Lipinski definition) is 5. The van der Waals surface area contributed by atoms with E-state index in [4.69, 9.17) is 11.6 Å². The van der Waals surface area contributed by atoms with E-state index in [0.717, 1.165) is 24.3 Å². The Morgan fingerprint density at radius 3 is 2.48 bits per heavy atom. The van der Waals surface area contributed by atoms with E-state index in [-0.39, 0.29) is 22.5 Å². The van der Waals surface area contributed by atoms with Crippen LogP contribution >= 0.6 is 35.3 Å². The molecule has 2 heterocycles. The summed E-state index contributed by atoms with van der Waals surface area (Å²) in [5, 5.41) is 3.01. The Kier molecular flexibility index (Phi) is 8.26. The molecular formula is C13H21Cl2N3O3S2. The molecule has 1 aliphatic heterocycles. The van der Waals surface area contributed by atoms with Gasteiger partial charge in [-0.2, -0.15) is 4.31 Å². The monoisotopic (exact) mass is 401 g/mol. The molecule has 10 heteroatoms. The maximum absolute atomic E-state index is 12.5. The predicted octanol–water partition coefficient (Wildman–Crippen LogP) is 1.66. The molecule has 0 aromatic carbocycles. The smallest absolute Gasteiger partial charge is 0.252 e. The van der Waals surface area contributed by atoms with Crippen molar-refractivity contribution in [2.45, 2.75) is 17.1 Å². The topological polar surface area (TPSA) is 69.7 Å². The number of nitrogens with zero attached hydrogens (tertiary/aromatic N) is 2. The highest BCUT2D eigenvalue weighted by atomic mass is 35.5. The van der Waals surface area contributed by atoms with Crippen molar-refractivity contribution >= 4 is 51.3 Å². The highest BCUT2D eigenvalue weighted by molar-refractivity contribution is 7.91. The summed E-state index contributed by atoms with van der Waals surface area (Å²) in [7, 11) is -1.64. The highest BCUT2D eigenvalue weighted by Crippen LogP contribution is 2.28. The minimum Gasteiger partial charge on any atom is -0.340 e. The molecule has 0 unspecified atom stereocenters. The molecule has 1 saturated heterocycles. The number of carbonyl (C=O) groups is 1. The number of piperazine rings is 1. The van der Waals surface area contributed by atoms with Crippen LogP contribution in [0.1, 0.15) is 12.8 Å². The van der Waals surface area contributed by atoms with Gasteiger partial charge in [-0.3, -0.25) is 4.79 Å². The van der Waals surface area contributed by atoms with E-state index in [0.29, 0.717) is 36.9 Å². The van der Waals surface area contributed by atoms with Gasteiger partial charge in [0.15, 0.2) is 0 Å². The highest BCUT2D eigenvalue weighted by Gasteiger charge is 2.30. The van der Waals surface area contributed by atoms with Gasteiger partial charge in [0.1, 0.15) is 4.21 Å². The zero-order valence-corrected chi connectivity index (χ0v) is 16.0. The van der Waals surface area contributed by atoms with Crippen LogP contribution in [-0.4, -0.2) is 63.3 Å². The molecule has 132 valence electrons. The second-order valence-electron chi connectivity index (χ2n) is 5.05. The summed E-state index contributed by atoms with van der Waals surface area (Å²) >= 11 is 6.87. The minimum absolute atomic E-state index is 0. The number of amides is 1. The van der Waals surface area contributed by atoms with Gasteiger partial charge in [0.2, 0.25) is 5.91 Å². The number of sulfonamides is 1. The fourth-order valence-corrected chi connectivity index (χ4v) is 5.38. The molecule has 0 spiro atoms. The number of carbonyl (C=O) groups excluding carboxylic acids is 1. The van der Waals surface area contributed by atoms with E-state index >= 15 is 0 Å². The van der Waals surface area contributed by atoms with Crippen molar-refractivity contribution in [2.24, 2.45) is 0 Å². The van der Waals surface area contributed by atoms with E-state index in [2.05, 4.69) is 5.32 Å². The van der Waals surface area contributed by atoms with Crippen molar-refractivity contribution in [3.63, 3.8) is 0 Å². The average molecular weight is 402 g/mol. The van der Waals surface area contributed by atoms with Crippen molar-refractivity contribution in [2.75, 3.05) is 39.8 Å². The molecule has 0 atom stereocenters. The lowest BCUT2D eigenvalue weighted by molar-refractivity contribution is -0.132. The number of rotatable bonds is 6. The van der Waals surface area contributed by atoms with Crippen LogP contribution in [0.15, 0.2) is 16.3 Å². The van der Waals surface area contributed by atoms with Crippen LogP contribution in [-0.2, 0) is 14.8 Å². The third-order valence-corrected chi connectivity index (χ3v) is 7.15. The van der Waals surface area contributed by atoms with Crippen molar-refractivity contribution in [1.82, 2.24) is 14.5 Å². The molecule has 0 bridgehead atoms. The fourth-order valence-electron chi connectivity index (χ4n) is 2.32. The SMILES string of the molecule is CNCCCC(=O)N1CCN(S(=O)(=O)c2ccc(Cl)s2)CC1.Cl. The second kappa shape index (κ2) is 9.19. The molecule has 1 N–H and O–H groups in total. The van der Waals surface area contributed by atoms with Crippen molar-refractivity contribution < 1.29 is 13.2 Å². The first kappa shape index (κ1) is 20.7. The molecule has 1 aliphatic rings. The lowest BCUT2D eigenvalue weighted by Gasteiger charge is -2.33. The molecule has 2 rings (SSSR count). The summed E-state index contributed by atoms with van der Waals surface area (Å²) < 4.78 is 27.0. The van der Waals surface area contributed by atoms with E-state index < -0.39 is 10.0 Å². The standard InChI is InChI=1S/C13H20ClN3O3S2.ClH/c1-15-6-2-3-12(18)16-7-9-17(10-8-16)22(19,20)13-5-4-11(14)21-13;/h4-5,15H,2-3,6-10H2,1H3;1H. The van der Waals surface area contributed by atoms with Crippen molar-refractivity contribution in [1.29, 1.82) is 0 Å². The van der Waals surface area contributed by atoms with Crippen LogP contribution in [0.2, 0.25) is 4.34 Å². The Morgan fingerprint density at radius 2 is 1.96 bits per heavy atom. The van der Waals surface area contributed by atoms with Crippen molar-refractivity contribution in [3.8, 4) is 0 Å². The van der Waals surface area contributed by atoms with Gasteiger partial charge < -0.3 is 10.2 Å². The van der Waals surface area contributed by atoms with Gasteiger partial charge in [-0.25, -0.2) is 8.42 Å². The quantitative estimate of drug-likeness (QED) is 0.735. The van der Waals surface area contributed by atoms with Crippen molar-refractivity contribution in [3.05, 3.63) is 16.5 Å². The van der Waals surface area contributed by atoms with Gasteiger partial charge >= 0.3 is 0 Å². The van der Waals surface area contributed by atoms with Gasteiger partial charge in [-0.15, -0.1) is 23.7 Å². The lowest BCUT2D eigenvalue weighted by Crippen LogP contribution is -2.50. The fraction of sp³-hybridized carbons (Fsp3) is 0.615. The third-order valence-electron chi connectivity index (χ3n) is 3.55. The van der Waals surface area contributed by atoms with E-state index in [1.807, 2.05) is 7.05 Å². The van der Waals surface area contributed by atoms with Gasteiger partial charge in [0.25, 0.3) is 10.0 Å². The van der Waals surface area contributed by atoms with Gasteiger partial charge in [-0.05, 0) is 32.1 Å². The van der Waals surface area contributed by atoms with Gasteiger partial charge in [-0.1, -0.05) is 11.6 Å². The molecule has 1 fully saturated rings. The summed E-state index contributed by atoms with van der Waals surface area (Å²) in [6.07, 6.45) is 1.29. The molecule has 0 radical (unpaired) electrons. The second-order valence-corrected chi connectivity index (χ2v) is 8.93. The maximum atomic E-state index is 12.5. The number of hydrogen-bond donors (Lipinski definition) is 1. The largest absolute Gasteiger partial charge is 0.340 e. The lowest BCUT2D eigenvalue weighted by atomic mass is 10.2. The molecule has 23 heavy (non-hydrogen) atoms. The van der Waals surface area contributed by atoms with Crippen LogP contribution in [0.3, 0.4) is 0 Å². The first-order valence-electron chi connectivity index (χ1n) is 7.13. The predicted molar refractivity (Wildman–Crippen MR) is 95.1 cm³/mol. The average Bonchev–Trinajstić information content (AvgIpc) is 2.95. The Balaban J connectivity index is 0.00000264. The van der Waals surface area contributed by atoms with Gasteiger partial charge in [0, 0.05) is 32.6 Å². The first-order valence-corrected chi connectivity index (χ1v) is 9.76. The first-order chi connectivity index (χ1) is 10.4. The zero-order chi connectivity index (χ0) is 16.2. The van der Waals surface area contributed by atoms with Crippen LogP contribution in [0.5, 0.6) is 0 Å². The van der Waals surface area contributed by atoms with E-state index in [1.54, 1.807) is 11.0 Å². The van der Waals surface area contributed by atoms with Crippen LogP contribution in [0.25, 0.3) is 0 Å². The molecule has 1 aromatic heterocycles. The molecule has 6 nitrogen and oxygen atoms in total. The van der Waals surface area contributed by atoms with Crippen LogP contribution in [0, 0.1) is 0 Å². The third kappa shape index (κ3) is 5.30. The maximum Gasteiger partial charge on any atom is 0.252 e. The molecule has 1 amide bonds. The summed E-state index contributed by atoms with van der Waals surface area (Å²) in [5.41, 5.74) is 0. The molecule has 1 aromatic rings. The zero-order valence-electron chi connectivity index (χ0n) is 12.8. The number of nitrogens with one attached hydrogen (secondary N) is 1. The number of halogens is 2. The molecule has 0 aliphatic carbocycles. The van der Waals surface area contributed by atoms with Crippen LogP contribution < -0.4 is 5.32 Å². The van der Waals surface area contributed by atoms with E-state index in [9.17, 15) is 13.2 Å². The molecular weight excluding hydrogens is 381 g/mol. The normalized spacial score (nSPS) is 16.2. The summed E-state index contributed by atoms with van der Waals surface area (Å²) in [5.74, 6) is 0.0893. The summed E-state index contributed by atoms with van der Waals surface area (Å²) in [4.78, 5) is 13.8. The van der Waals surface area contributed by atoms with Crippen LogP contribution in [0.4, 0.5) is 0 Å². The number of thiophene rings is 1.